The van der Waals surface area contributed by atoms with Crippen molar-refractivity contribution in [1.82, 2.24) is 5.32 Å². The van der Waals surface area contributed by atoms with Crippen LogP contribution >= 0.6 is 0 Å². The van der Waals surface area contributed by atoms with E-state index in [1.54, 1.807) is 0 Å². The number of nitrogens with one attached hydrogen (secondary N) is 1. The second-order valence-corrected chi connectivity index (χ2v) is 3.44. The Kier molecular flexibility index (Phi) is 3.71. The summed E-state index contributed by atoms with van der Waals surface area (Å²) < 4.78 is 0. The Bertz CT molecular complexity index is 276. The minimum Gasteiger partial charge on any atom is -0.310 e. The fraction of sp³-hybridized carbons (Fsp3) is 0.333. The first-order valence-electron chi connectivity index (χ1n) is 4.67. The van der Waals surface area contributed by atoms with Crippen LogP contribution in [-0.4, -0.2) is 6.04 Å². The van der Waals surface area contributed by atoms with E-state index in [1.807, 2.05) is 12.1 Å². The van der Waals surface area contributed by atoms with Gasteiger partial charge in [0.05, 0.1) is 0 Å². The lowest BCUT2D eigenvalue weighted by molar-refractivity contribution is 0.588. The van der Waals surface area contributed by atoms with Crippen LogP contribution in [0.25, 0.3) is 6.08 Å². The van der Waals surface area contributed by atoms with Crippen molar-refractivity contribution in [2.24, 2.45) is 0 Å². The number of rotatable bonds is 4. The molecule has 0 atom stereocenters. The molecule has 0 radical (unpaired) electrons. The van der Waals surface area contributed by atoms with Crippen LogP contribution in [0.15, 0.2) is 30.8 Å². The number of benzene rings is 1. The van der Waals surface area contributed by atoms with E-state index in [0.717, 1.165) is 6.54 Å². The molecule has 0 saturated carbocycles. The van der Waals surface area contributed by atoms with Gasteiger partial charge in [0.15, 0.2) is 0 Å². The molecule has 1 N–H and O–H groups in total. The van der Waals surface area contributed by atoms with Gasteiger partial charge in [0, 0.05) is 12.6 Å². The Morgan fingerprint density at radius 3 is 2.69 bits per heavy atom. The maximum absolute atomic E-state index is 3.79. The molecule has 0 saturated heterocycles. The number of hydrogen-bond donors (Lipinski definition) is 1. The van der Waals surface area contributed by atoms with Crippen LogP contribution in [-0.2, 0) is 6.54 Å². The molecule has 1 nitrogen and oxygen atoms in total. The largest absolute Gasteiger partial charge is 0.310 e. The van der Waals surface area contributed by atoms with Crippen LogP contribution in [0.3, 0.4) is 0 Å². The van der Waals surface area contributed by atoms with Crippen molar-refractivity contribution in [1.29, 1.82) is 0 Å². The van der Waals surface area contributed by atoms with E-state index < -0.39 is 0 Å². The summed E-state index contributed by atoms with van der Waals surface area (Å²) in [5.74, 6) is 0. The Morgan fingerprint density at radius 1 is 1.38 bits per heavy atom. The molecular weight excluding hydrogens is 158 g/mol. The molecule has 0 aliphatic rings. The first-order chi connectivity index (χ1) is 6.24. The lowest BCUT2D eigenvalue weighted by atomic mass is 10.1. The third-order valence-electron chi connectivity index (χ3n) is 1.98. The molecule has 70 valence electrons. The van der Waals surface area contributed by atoms with Crippen molar-refractivity contribution in [2.45, 2.75) is 26.4 Å². The van der Waals surface area contributed by atoms with Crippen molar-refractivity contribution < 1.29 is 0 Å². The van der Waals surface area contributed by atoms with Gasteiger partial charge in [-0.2, -0.15) is 0 Å². The first kappa shape index (κ1) is 10.0. The summed E-state index contributed by atoms with van der Waals surface area (Å²) >= 11 is 0. The summed E-state index contributed by atoms with van der Waals surface area (Å²) in [5, 5.41) is 3.39. The maximum atomic E-state index is 3.79. The maximum Gasteiger partial charge on any atom is 0.0213 e. The molecule has 1 rings (SSSR count). The van der Waals surface area contributed by atoms with Crippen molar-refractivity contribution in [3.8, 4) is 0 Å². The molecule has 13 heavy (non-hydrogen) atoms. The highest BCUT2D eigenvalue weighted by atomic mass is 14.9. The third kappa shape index (κ3) is 3.03. The summed E-state index contributed by atoms with van der Waals surface area (Å²) in [6.45, 7) is 9.01. The van der Waals surface area contributed by atoms with Crippen LogP contribution in [0.2, 0.25) is 0 Å². The lowest BCUT2D eigenvalue weighted by Gasteiger charge is -2.10. The predicted molar refractivity (Wildman–Crippen MR) is 58.5 cm³/mol. The van der Waals surface area contributed by atoms with Gasteiger partial charge in [-0.1, -0.05) is 50.8 Å². The van der Waals surface area contributed by atoms with E-state index in [-0.39, 0.29) is 0 Å². The summed E-state index contributed by atoms with van der Waals surface area (Å²) in [7, 11) is 0. The van der Waals surface area contributed by atoms with Gasteiger partial charge in [0.1, 0.15) is 0 Å². The second-order valence-electron chi connectivity index (χ2n) is 3.44. The molecule has 0 unspecified atom stereocenters. The van der Waals surface area contributed by atoms with E-state index >= 15 is 0 Å². The second kappa shape index (κ2) is 4.83. The van der Waals surface area contributed by atoms with E-state index in [2.05, 4.69) is 43.9 Å². The highest BCUT2D eigenvalue weighted by molar-refractivity contribution is 5.51. The van der Waals surface area contributed by atoms with Crippen LogP contribution in [0.1, 0.15) is 25.0 Å². The van der Waals surface area contributed by atoms with E-state index in [1.165, 1.54) is 11.1 Å². The molecule has 0 aliphatic carbocycles. The predicted octanol–water partition coefficient (Wildman–Crippen LogP) is 2.83. The first-order valence-corrected chi connectivity index (χ1v) is 4.67. The highest BCUT2D eigenvalue weighted by Crippen LogP contribution is 2.09. The van der Waals surface area contributed by atoms with Crippen LogP contribution in [0, 0.1) is 0 Å². The van der Waals surface area contributed by atoms with Gasteiger partial charge in [-0.05, 0) is 11.1 Å². The quantitative estimate of drug-likeness (QED) is 0.742. The molecule has 0 aromatic heterocycles. The molecule has 1 aromatic carbocycles. The third-order valence-corrected chi connectivity index (χ3v) is 1.98. The minimum atomic E-state index is 0.526. The standard InChI is InChI=1S/C12H17N/c1-4-11-7-5-6-8-12(11)9-13-10(2)3/h4-8,10,13H,1,9H2,2-3H3. The highest BCUT2D eigenvalue weighted by Gasteiger charge is 1.98. The molecular formula is C12H17N. The molecule has 0 amide bonds. The summed E-state index contributed by atoms with van der Waals surface area (Å²) in [6.07, 6.45) is 1.90. The van der Waals surface area contributed by atoms with Crippen molar-refractivity contribution in [3.05, 3.63) is 42.0 Å². The van der Waals surface area contributed by atoms with E-state index in [4.69, 9.17) is 0 Å². The zero-order valence-corrected chi connectivity index (χ0v) is 8.38. The molecule has 1 heteroatoms. The monoisotopic (exact) mass is 175 g/mol. The van der Waals surface area contributed by atoms with Crippen LogP contribution < -0.4 is 5.32 Å². The molecule has 0 aliphatic heterocycles. The normalized spacial score (nSPS) is 10.4. The van der Waals surface area contributed by atoms with Gasteiger partial charge in [-0.15, -0.1) is 0 Å². The zero-order valence-electron chi connectivity index (χ0n) is 8.38. The van der Waals surface area contributed by atoms with Crippen LogP contribution in [0.5, 0.6) is 0 Å². The average molecular weight is 175 g/mol. The van der Waals surface area contributed by atoms with Gasteiger partial charge < -0.3 is 5.32 Å². The number of hydrogen-bond acceptors (Lipinski definition) is 1. The van der Waals surface area contributed by atoms with Crippen molar-refractivity contribution >= 4 is 6.08 Å². The molecule has 0 bridgehead atoms. The lowest BCUT2D eigenvalue weighted by Crippen LogP contribution is -2.22. The molecule has 0 fully saturated rings. The summed E-state index contributed by atoms with van der Waals surface area (Å²) in [4.78, 5) is 0. The topological polar surface area (TPSA) is 12.0 Å². The van der Waals surface area contributed by atoms with Crippen LogP contribution in [0.4, 0.5) is 0 Å². The summed E-state index contributed by atoms with van der Waals surface area (Å²) in [5.41, 5.74) is 2.53. The average Bonchev–Trinajstić information content (AvgIpc) is 2.15. The Labute approximate surface area is 80.5 Å². The Balaban J connectivity index is 2.69. The van der Waals surface area contributed by atoms with Gasteiger partial charge in [-0.25, -0.2) is 0 Å². The fourth-order valence-electron chi connectivity index (χ4n) is 1.21. The molecule has 0 spiro atoms. The van der Waals surface area contributed by atoms with Crippen molar-refractivity contribution in [2.75, 3.05) is 0 Å². The fourth-order valence-corrected chi connectivity index (χ4v) is 1.21. The summed E-state index contributed by atoms with van der Waals surface area (Å²) in [6, 6.07) is 8.84. The van der Waals surface area contributed by atoms with Gasteiger partial charge in [0.2, 0.25) is 0 Å². The molecule has 1 aromatic rings. The smallest absolute Gasteiger partial charge is 0.0213 e. The Hall–Kier alpha value is -1.08. The SMILES string of the molecule is C=Cc1ccccc1CNC(C)C. The van der Waals surface area contributed by atoms with Crippen molar-refractivity contribution in [3.63, 3.8) is 0 Å². The van der Waals surface area contributed by atoms with Gasteiger partial charge in [-0.3, -0.25) is 0 Å². The van der Waals surface area contributed by atoms with E-state index in [0.29, 0.717) is 6.04 Å². The Morgan fingerprint density at radius 2 is 2.08 bits per heavy atom. The molecule has 0 heterocycles. The van der Waals surface area contributed by atoms with Gasteiger partial charge >= 0.3 is 0 Å². The minimum absolute atomic E-state index is 0.526. The van der Waals surface area contributed by atoms with Gasteiger partial charge in [0.25, 0.3) is 0 Å². The van der Waals surface area contributed by atoms with E-state index in [9.17, 15) is 0 Å². The zero-order chi connectivity index (χ0) is 9.68.